The molecular weight excluding hydrogens is 288 g/mol. The number of likely N-dealkylation sites (tertiary alicyclic amines) is 1. The van der Waals surface area contributed by atoms with Gasteiger partial charge >= 0.3 is 0 Å². The van der Waals surface area contributed by atoms with Gasteiger partial charge in [-0.15, -0.1) is 0 Å². The molecule has 0 bridgehead atoms. The lowest BCUT2D eigenvalue weighted by Crippen LogP contribution is -2.42. The van der Waals surface area contributed by atoms with Crippen LogP contribution in [0, 0.1) is 11.8 Å². The summed E-state index contributed by atoms with van der Waals surface area (Å²) in [5.41, 5.74) is 2.18. The number of hydrogen-bond acceptors (Lipinski definition) is 3. The smallest absolute Gasteiger partial charge is 0.219 e. The van der Waals surface area contributed by atoms with Gasteiger partial charge in [-0.05, 0) is 30.7 Å². The summed E-state index contributed by atoms with van der Waals surface area (Å²) in [7, 11) is 0. The first-order chi connectivity index (χ1) is 11.2. The zero-order chi connectivity index (χ0) is 15.8. The Morgan fingerprint density at radius 2 is 2.17 bits per heavy atom. The summed E-state index contributed by atoms with van der Waals surface area (Å²) in [6, 6.07) is 8.69. The third kappa shape index (κ3) is 2.76. The third-order valence-electron chi connectivity index (χ3n) is 5.66. The van der Waals surface area contributed by atoms with E-state index in [-0.39, 0.29) is 5.91 Å². The maximum absolute atomic E-state index is 11.7. The Kier molecular flexibility index (Phi) is 3.85. The summed E-state index contributed by atoms with van der Waals surface area (Å²) in [6.45, 7) is 4.40. The Hall–Kier alpha value is -1.81. The lowest BCUT2D eigenvalue weighted by atomic mass is 9.78. The summed E-state index contributed by atoms with van der Waals surface area (Å²) < 4.78 is 5.63. The van der Waals surface area contributed by atoms with Crippen LogP contribution in [0.5, 0.6) is 0 Å². The minimum absolute atomic E-state index is 0.221. The first-order valence-corrected chi connectivity index (χ1v) is 8.66. The molecular formula is C19H24N2O2. The molecule has 4 nitrogen and oxygen atoms in total. The Labute approximate surface area is 136 Å². The second kappa shape index (κ2) is 6.00. The van der Waals surface area contributed by atoms with Crippen LogP contribution in [-0.4, -0.2) is 29.9 Å². The molecule has 1 saturated carbocycles. The summed E-state index contributed by atoms with van der Waals surface area (Å²) in [4.78, 5) is 13.7. The van der Waals surface area contributed by atoms with Gasteiger partial charge < -0.3 is 14.6 Å². The van der Waals surface area contributed by atoms with Crippen LogP contribution < -0.4 is 5.32 Å². The van der Waals surface area contributed by atoms with E-state index in [1.165, 1.54) is 30.2 Å². The Morgan fingerprint density at radius 1 is 1.30 bits per heavy atom. The van der Waals surface area contributed by atoms with E-state index in [1.807, 2.05) is 23.3 Å². The summed E-state index contributed by atoms with van der Waals surface area (Å²) in [5.74, 6) is 1.50. The maximum Gasteiger partial charge on any atom is 0.219 e. The number of benzene rings is 1. The molecule has 4 rings (SSSR count). The standard InChI is InChI=1S/C19H24N2O2/c1-13(22)21-10-14-5-4-7-18(17(14)11-21)20-9-15-12-23-19-8-3-2-6-16(15)19/h2-3,6,8,12,14,17-18,20H,4-5,7,9-11H2,1H3. The molecule has 23 heavy (non-hydrogen) atoms. The fraction of sp³-hybridized carbons (Fsp3) is 0.526. The van der Waals surface area contributed by atoms with E-state index in [4.69, 9.17) is 4.42 Å². The van der Waals surface area contributed by atoms with Crippen LogP contribution >= 0.6 is 0 Å². The molecule has 3 atom stereocenters. The van der Waals surface area contributed by atoms with Gasteiger partial charge in [0.25, 0.3) is 0 Å². The predicted molar refractivity (Wildman–Crippen MR) is 89.9 cm³/mol. The van der Waals surface area contributed by atoms with Crippen LogP contribution in [0.2, 0.25) is 0 Å². The molecule has 2 heterocycles. The van der Waals surface area contributed by atoms with Crippen molar-refractivity contribution in [1.82, 2.24) is 10.2 Å². The highest BCUT2D eigenvalue weighted by Crippen LogP contribution is 2.36. The SMILES string of the molecule is CC(=O)N1CC2CCCC(NCc3coc4ccccc34)C2C1. The quantitative estimate of drug-likeness (QED) is 0.947. The van der Waals surface area contributed by atoms with Gasteiger partial charge in [0.05, 0.1) is 6.26 Å². The van der Waals surface area contributed by atoms with Crippen molar-refractivity contribution in [3.05, 3.63) is 36.1 Å². The largest absolute Gasteiger partial charge is 0.464 e. The van der Waals surface area contributed by atoms with Gasteiger partial charge in [0.1, 0.15) is 5.58 Å². The molecule has 2 fully saturated rings. The molecule has 1 aromatic heterocycles. The molecule has 1 saturated heterocycles. The number of hydrogen-bond donors (Lipinski definition) is 1. The number of para-hydroxylation sites is 1. The Bertz CT molecular complexity index is 708. The second-order valence-corrected chi connectivity index (χ2v) is 7.02. The third-order valence-corrected chi connectivity index (χ3v) is 5.66. The first kappa shape index (κ1) is 14.8. The Morgan fingerprint density at radius 3 is 3.04 bits per heavy atom. The number of fused-ring (bicyclic) bond motifs is 2. The zero-order valence-corrected chi connectivity index (χ0v) is 13.6. The number of nitrogens with zero attached hydrogens (tertiary/aromatic N) is 1. The van der Waals surface area contributed by atoms with E-state index in [0.717, 1.165) is 25.2 Å². The number of carbonyl (C=O) groups is 1. The number of furan rings is 1. The lowest BCUT2D eigenvalue weighted by molar-refractivity contribution is -0.128. The van der Waals surface area contributed by atoms with E-state index < -0.39 is 0 Å². The predicted octanol–water partition coefficient (Wildman–Crippen LogP) is 3.17. The van der Waals surface area contributed by atoms with E-state index in [1.54, 1.807) is 6.92 Å². The first-order valence-electron chi connectivity index (χ1n) is 8.66. The average Bonchev–Trinajstić information content (AvgIpc) is 3.17. The van der Waals surface area contributed by atoms with Gasteiger partial charge in [0, 0.05) is 43.5 Å². The molecule has 1 aromatic carbocycles. The molecule has 1 N–H and O–H groups in total. The topological polar surface area (TPSA) is 45.5 Å². The normalized spacial score (nSPS) is 27.3. The fourth-order valence-corrected chi connectivity index (χ4v) is 4.39. The molecule has 122 valence electrons. The minimum Gasteiger partial charge on any atom is -0.464 e. The maximum atomic E-state index is 11.7. The molecule has 1 aliphatic carbocycles. The van der Waals surface area contributed by atoms with Crippen LogP contribution in [-0.2, 0) is 11.3 Å². The van der Waals surface area contributed by atoms with Crippen molar-refractivity contribution in [3.63, 3.8) is 0 Å². The average molecular weight is 312 g/mol. The van der Waals surface area contributed by atoms with E-state index in [2.05, 4.69) is 17.4 Å². The molecule has 4 heteroatoms. The molecule has 0 spiro atoms. The van der Waals surface area contributed by atoms with Gasteiger partial charge in [0.2, 0.25) is 5.91 Å². The van der Waals surface area contributed by atoms with Crippen LogP contribution in [0.3, 0.4) is 0 Å². The zero-order valence-electron chi connectivity index (χ0n) is 13.6. The number of rotatable bonds is 3. The second-order valence-electron chi connectivity index (χ2n) is 7.02. The van der Waals surface area contributed by atoms with E-state index in [0.29, 0.717) is 17.9 Å². The van der Waals surface area contributed by atoms with E-state index >= 15 is 0 Å². The van der Waals surface area contributed by atoms with Crippen molar-refractivity contribution in [2.75, 3.05) is 13.1 Å². The van der Waals surface area contributed by atoms with Crippen molar-refractivity contribution in [2.45, 2.75) is 38.8 Å². The van der Waals surface area contributed by atoms with Crippen molar-refractivity contribution < 1.29 is 9.21 Å². The van der Waals surface area contributed by atoms with Gasteiger partial charge in [-0.1, -0.05) is 24.6 Å². The summed E-state index contributed by atoms with van der Waals surface area (Å²) >= 11 is 0. The molecule has 2 aromatic rings. The van der Waals surface area contributed by atoms with Crippen molar-refractivity contribution >= 4 is 16.9 Å². The fourth-order valence-electron chi connectivity index (χ4n) is 4.39. The van der Waals surface area contributed by atoms with Gasteiger partial charge in [-0.2, -0.15) is 0 Å². The minimum atomic E-state index is 0.221. The highest BCUT2D eigenvalue weighted by molar-refractivity contribution is 5.80. The van der Waals surface area contributed by atoms with Crippen LogP contribution in [0.4, 0.5) is 0 Å². The Balaban J connectivity index is 1.45. The molecule has 3 unspecified atom stereocenters. The number of amides is 1. The van der Waals surface area contributed by atoms with Gasteiger partial charge in [-0.3, -0.25) is 4.79 Å². The van der Waals surface area contributed by atoms with Gasteiger partial charge in [0.15, 0.2) is 0 Å². The van der Waals surface area contributed by atoms with Gasteiger partial charge in [-0.25, -0.2) is 0 Å². The number of carbonyl (C=O) groups excluding carboxylic acids is 1. The van der Waals surface area contributed by atoms with Crippen LogP contribution in [0.1, 0.15) is 31.7 Å². The van der Waals surface area contributed by atoms with Crippen LogP contribution in [0.25, 0.3) is 11.0 Å². The summed E-state index contributed by atoms with van der Waals surface area (Å²) in [5, 5.41) is 4.95. The molecule has 0 radical (unpaired) electrons. The molecule has 1 aliphatic heterocycles. The monoisotopic (exact) mass is 312 g/mol. The number of nitrogens with one attached hydrogen (secondary N) is 1. The van der Waals surface area contributed by atoms with Crippen molar-refractivity contribution in [1.29, 1.82) is 0 Å². The molecule has 2 aliphatic rings. The highest BCUT2D eigenvalue weighted by Gasteiger charge is 2.40. The van der Waals surface area contributed by atoms with E-state index in [9.17, 15) is 4.79 Å². The molecule has 1 amide bonds. The van der Waals surface area contributed by atoms with Crippen molar-refractivity contribution in [3.8, 4) is 0 Å². The summed E-state index contributed by atoms with van der Waals surface area (Å²) in [6.07, 6.45) is 5.61. The highest BCUT2D eigenvalue weighted by atomic mass is 16.3. The lowest BCUT2D eigenvalue weighted by Gasteiger charge is -2.33. The van der Waals surface area contributed by atoms with Crippen LogP contribution in [0.15, 0.2) is 34.9 Å². The van der Waals surface area contributed by atoms with Crippen molar-refractivity contribution in [2.24, 2.45) is 11.8 Å².